The van der Waals surface area contributed by atoms with Crippen LogP contribution in [-0.2, 0) is 33.2 Å². The Kier molecular flexibility index (Phi) is 15.7. The maximum atomic E-state index is 15.1. The number of aliphatic hydroxyl groups is 12. The van der Waals surface area contributed by atoms with E-state index in [1.807, 2.05) is 34.6 Å². The van der Waals surface area contributed by atoms with Gasteiger partial charge in [-0.05, 0) is 93.3 Å². The standard InChI is InChI=1S/C48H80O19/c1-21(2)10-9-13-47(7,67-43-40(61)36(57)33(54)25(19-50)64-43)22-11-14-46(6)31(22)23(51)16-28-45(46,5)15-12-27-44(3,4)30(17-29(52)48(27,28)8)66-42-39(60)37(58)34(55)26(65-42)20-62-41-38(59)35(56)32(53)24(18-49)63-41/h10,22,24-43,49-50,52-61H,9,11-20H2,1-8H3/t22?,24-,25-,26-,27?,28?,29?,30?,31?,32-,33-,34-,35+,36+,37+,38-,39-,40-,41-,42+,43+,45-,46-,47-,48+/m1/s1. The number of aliphatic hydroxyl groups excluding tert-OH is 12. The summed E-state index contributed by atoms with van der Waals surface area (Å²) in [6, 6.07) is 0. The smallest absolute Gasteiger partial charge is 0.187 e. The lowest BCUT2D eigenvalue weighted by atomic mass is 9.34. The third-order valence-corrected chi connectivity index (χ3v) is 18.7. The van der Waals surface area contributed by atoms with Gasteiger partial charge in [0.25, 0.3) is 0 Å². The fraction of sp³-hybridized carbons (Fsp3) is 0.938. The number of Topliss-reactive ketones (excluding diaryl/α,β-unsaturated/α-hetero) is 1. The number of hydrogen-bond acceptors (Lipinski definition) is 19. The molecule has 12 N–H and O–H groups in total. The SMILES string of the molecule is CC(C)=CCC[C@@](C)(O[C@@H]1O[C@H](CO)[C@@H](O)[C@H](O)[C@H]1O)C1CC[C@]2(C)C1C(=O)CC1[C@@]3(C)C(O)CC(O[C@@H]4O[C@H](CO[C@@H]5O[C@H](CO)[C@@H](O)[C@H](O)[C@H]5O)[C@@H](O)[C@H](O)[C@H]4O)C(C)(C)C3CC[C@]12C. The Balaban J connectivity index is 1.10. The van der Waals surface area contributed by atoms with Gasteiger partial charge in [-0.15, -0.1) is 0 Å². The van der Waals surface area contributed by atoms with Crippen LogP contribution in [0.3, 0.4) is 0 Å². The van der Waals surface area contributed by atoms with E-state index in [1.165, 1.54) is 0 Å². The Labute approximate surface area is 393 Å². The van der Waals surface area contributed by atoms with Crippen LogP contribution in [0.5, 0.6) is 0 Å². The summed E-state index contributed by atoms with van der Waals surface area (Å²) in [5, 5.41) is 128. The average Bonchev–Trinajstić information content (AvgIpc) is 3.66. The molecule has 0 aromatic rings. The molecule has 4 aliphatic carbocycles. The summed E-state index contributed by atoms with van der Waals surface area (Å²) in [7, 11) is 0. The third-order valence-electron chi connectivity index (χ3n) is 18.7. The first-order valence-corrected chi connectivity index (χ1v) is 24.3. The van der Waals surface area contributed by atoms with Gasteiger partial charge in [0.15, 0.2) is 18.9 Å². The predicted octanol–water partition coefficient (Wildman–Crippen LogP) is -0.848. The van der Waals surface area contributed by atoms with Gasteiger partial charge >= 0.3 is 0 Å². The Morgan fingerprint density at radius 2 is 1.21 bits per heavy atom. The van der Waals surface area contributed by atoms with Crippen LogP contribution in [0, 0.1) is 45.3 Å². The largest absolute Gasteiger partial charge is 0.394 e. The van der Waals surface area contributed by atoms with Crippen molar-refractivity contribution in [2.45, 2.75) is 217 Å². The first kappa shape index (κ1) is 53.5. The second-order valence-corrected chi connectivity index (χ2v) is 22.8. The van der Waals surface area contributed by atoms with Crippen molar-refractivity contribution < 1.29 is 94.5 Å². The molecule has 19 heteroatoms. The number of allylic oxidation sites excluding steroid dienone is 2. The van der Waals surface area contributed by atoms with E-state index in [0.717, 1.165) is 12.0 Å². The number of fused-ring (bicyclic) bond motifs is 5. The zero-order chi connectivity index (χ0) is 49.5. The van der Waals surface area contributed by atoms with Crippen molar-refractivity contribution in [3.63, 3.8) is 0 Å². The molecule has 7 aliphatic rings. The fourth-order valence-electron chi connectivity index (χ4n) is 14.4. The first-order chi connectivity index (χ1) is 31.2. The van der Waals surface area contributed by atoms with Crippen molar-refractivity contribution in [3.8, 4) is 0 Å². The van der Waals surface area contributed by atoms with E-state index < -0.39 is 157 Å². The van der Waals surface area contributed by atoms with Crippen LogP contribution in [0.4, 0.5) is 0 Å². The quantitative estimate of drug-likeness (QED) is 0.0791. The number of ketones is 1. The molecule has 3 heterocycles. The van der Waals surface area contributed by atoms with Crippen LogP contribution in [-0.4, -0.2) is 197 Å². The Morgan fingerprint density at radius 1 is 0.687 bits per heavy atom. The first-order valence-electron chi connectivity index (χ1n) is 24.3. The minimum atomic E-state index is -1.76. The summed E-state index contributed by atoms with van der Waals surface area (Å²) in [4.78, 5) is 15.1. The van der Waals surface area contributed by atoms with Gasteiger partial charge in [0.05, 0.1) is 37.6 Å². The zero-order valence-electron chi connectivity index (χ0n) is 40.2. The van der Waals surface area contributed by atoms with Crippen LogP contribution < -0.4 is 0 Å². The van der Waals surface area contributed by atoms with E-state index in [-0.39, 0.29) is 36.4 Å². The highest BCUT2D eigenvalue weighted by atomic mass is 16.7. The van der Waals surface area contributed by atoms with Gasteiger partial charge in [-0.25, -0.2) is 0 Å². The number of hydrogen-bond donors (Lipinski definition) is 12. The van der Waals surface area contributed by atoms with Crippen molar-refractivity contribution in [1.29, 1.82) is 0 Å². The van der Waals surface area contributed by atoms with E-state index in [1.54, 1.807) is 0 Å². The van der Waals surface area contributed by atoms with Crippen LogP contribution in [0.1, 0.15) is 107 Å². The van der Waals surface area contributed by atoms with Crippen LogP contribution in [0.15, 0.2) is 11.6 Å². The maximum Gasteiger partial charge on any atom is 0.187 e. The summed E-state index contributed by atoms with van der Waals surface area (Å²) >= 11 is 0. The summed E-state index contributed by atoms with van der Waals surface area (Å²) < 4.78 is 36.2. The maximum absolute atomic E-state index is 15.1. The summed E-state index contributed by atoms with van der Waals surface area (Å²) in [5.74, 6) is -1.15. The minimum Gasteiger partial charge on any atom is -0.394 e. The molecular weight excluding hydrogens is 881 g/mol. The molecule has 19 nitrogen and oxygen atoms in total. The average molecular weight is 961 g/mol. The number of ether oxygens (including phenoxy) is 6. The number of carbonyl (C=O) groups is 1. The molecule has 3 saturated heterocycles. The van der Waals surface area contributed by atoms with Gasteiger partial charge < -0.3 is 89.7 Å². The monoisotopic (exact) mass is 961 g/mol. The molecule has 4 saturated carbocycles. The van der Waals surface area contributed by atoms with Gasteiger partial charge in [0.2, 0.25) is 0 Å². The second-order valence-electron chi connectivity index (χ2n) is 22.8. The lowest BCUT2D eigenvalue weighted by Crippen LogP contribution is -2.70. The lowest BCUT2D eigenvalue weighted by molar-refractivity contribution is -0.350. The van der Waals surface area contributed by atoms with Gasteiger partial charge in [0, 0.05) is 24.2 Å². The molecule has 386 valence electrons. The van der Waals surface area contributed by atoms with Crippen molar-refractivity contribution >= 4 is 5.78 Å². The molecule has 3 aliphatic heterocycles. The molecule has 25 atom stereocenters. The van der Waals surface area contributed by atoms with E-state index in [2.05, 4.69) is 26.8 Å². The van der Waals surface area contributed by atoms with Gasteiger partial charge in [0.1, 0.15) is 79.0 Å². The normalized spacial score (nSPS) is 51.8. The summed E-state index contributed by atoms with van der Waals surface area (Å²) in [6.07, 6.45) is -18.7. The Hall–Kier alpha value is -1.31. The second kappa shape index (κ2) is 19.6. The molecule has 0 aromatic heterocycles. The van der Waals surface area contributed by atoms with Gasteiger partial charge in [-0.3, -0.25) is 4.79 Å². The Morgan fingerprint density at radius 3 is 1.79 bits per heavy atom. The number of rotatable bonds is 13. The fourth-order valence-corrected chi connectivity index (χ4v) is 14.4. The summed E-state index contributed by atoms with van der Waals surface area (Å²) in [6.45, 7) is 14.7. The number of carbonyl (C=O) groups excluding carboxylic acids is 1. The van der Waals surface area contributed by atoms with E-state index in [4.69, 9.17) is 28.4 Å². The minimum absolute atomic E-state index is 0.0619. The third kappa shape index (κ3) is 8.93. The molecular formula is C48H80O19. The molecule has 7 fully saturated rings. The van der Waals surface area contributed by atoms with Crippen molar-refractivity contribution in [2.75, 3.05) is 19.8 Å². The lowest BCUT2D eigenvalue weighted by Gasteiger charge is -2.70. The molecule has 0 spiro atoms. The zero-order valence-corrected chi connectivity index (χ0v) is 40.2. The van der Waals surface area contributed by atoms with Crippen molar-refractivity contribution in [1.82, 2.24) is 0 Å². The molecule has 0 bridgehead atoms. The van der Waals surface area contributed by atoms with Gasteiger partial charge in [-0.1, -0.05) is 46.3 Å². The highest BCUT2D eigenvalue weighted by Crippen LogP contribution is 2.75. The van der Waals surface area contributed by atoms with Crippen LogP contribution in [0.2, 0.25) is 0 Å². The van der Waals surface area contributed by atoms with E-state index in [9.17, 15) is 61.3 Å². The molecule has 0 amide bonds. The van der Waals surface area contributed by atoms with Gasteiger partial charge in [-0.2, -0.15) is 0 Å². The highest BCUT2D eigenvalue weighted by Gasteiger charge is 2.74. The van der Waals surface area contributed by atoms with E-state index >= 15 is 4.79 Å². The van der Waals surface area contributed by atoms with Crippen molar-refractivity contribution in [2.24, 2.45) is 45.3 Å². The van der Waals surface area contributed by atoms with Crippen LogP contribution in [0.25, 0.3) is 0 Å². The molecule has 7 rings (SSSR count). The molecule has 67 heavy (non-hydrogen) atoms. The molecule has 6 unspecified atom stereocenters. The topological polar surface area (TPSA) is 315 Å². The van der Waals surface area contributed by atoms with E-state index in [0.29, 0.717) is 32.1 Å². The molecule has 0 radical (unpaired) electrons. The van der Waals surface area contributed by atoms with Crippen LogP contribution >= 0.6 is 0 Å². The Bertz CT molecular complexity index is 1760. The predicted molar refractivity (Wildman–Crippen MR) is 234 cm³/mol. The van der Waals surface area contributed by atoms with Crippen molar-refractivity contribution in [3.05, 3.63) is 11.6 Å². The molecule has 0 aromatic carbocycles. The highest BCUT2D eigenvalue weighted by molar-refractivity contribution is 5.84. The summed E-state index contributed by atoms with van der Waals surface area (Å²) in [5.41, 5.74) is -2.38.